The summed E-state index contributed by atoms with van der Waals surface area (Å²) in [6.45, 7) is 0.682. The van der Waals surface area contributed by atoms with Crippen LogP contribution in [0.2, 0.25) is 0 Å². The maximum atomic E-state index is 12.0. The van der Waals surface area contributed by atoms with Crippen LogP contribution in [0.3, 0.4) is 0 Å². The molecule has 0 saturated heterocycles. The van der Waals surface area contributed by atoms with Gasteiger partial charge in [0.2, 0.25) is 0 Å². The summed E-state index contributed by atoms with van der Waals surface area (Å²) in [6, 6.07) is 15.2. The number of rotatable bonds is 8. The standard InChI is InChI=1S/C19H23NO3/c1-22-17-10-6-15(7-11-17)5-3-4-14-20-19(21)16-8-12-18(23-2)13-9-16/h6-13H,3-5,14H2,1-2H3,(H,20,21). The van der Waals surface area contributed by atoms with E-state index in [1.165, 1.54) is 5.56 Å². The Kier molecular flexibility index (Phi) is 6.48. The molecule has 4 nitrogen and oxygen atoms in total. The third-order valence-electron chi connectivity index (χ3n) is 3.69. The van der Waals surface area contributed by atoms with Gasteiger partial charge in [-0.3, -0.25) is 4.79 Å². The lowest BCUT2D eigenvalue weighted by Gasteiger charge is -2.07. The molecular weight excluding hydrogens is 290 g/mol. The lowest BCUT2D eigenvalue weighted by Crippen LogP contribution is -2.24. The van der Waals surface area contributed by atoms with Gasteiger partial charge in [0.05, 0.1) is 14.2 Å². The monoisotopic (exact) mass is 313 g/mol. The second kappa shape index (κ2) is 8.83. The first kappa shape index (κ1) is 16.9. The number of methoxy groups -OCH3 is 2. The van der Waals surface area contributed by atoms with E-state index in [2.05, 4.69) is 17.4 Å². The van der Waals surface area contributed by atoms with Crippen molar-refractivity contribution in [2.75, 3.05) is 20.8 Å². The summed E-state index contributed by atoms with van der Waals surface area (Å²) in [6.07, 6.45) is 2.99. The lowest BCUT2D eigenvalue weighted by atomic mass is 10.1. The van der Waals surface area contributed by atoms with Crippen molar-refractivity contribution in [2.45, 2.75) is 19.3 Å². The van der Waals surface area contributed by atoms with Gasteiger partial charge in [-0.05, 0) is 61.2 Å². The fraction of sp³-hybridized carbons (Fsp3) is 0.316. The molecule has 2 aromatic carbocycles. The summed E-state index contributed by atoms with van der Waals surface area (Å²) in [5.41, 5.74) is 1.94. The predicted molar refractivity (Wildman–Crippen MR) is 91.3 cm³/mol. The summed E-state index contributed by atoms with van der Waals surface area (Å²) in [4.78, 5) is 12.0. The molecule has 0 unspecified atom stereocenters. The summed E-state index contributed by atoms with van der Waals surface area (Å²) < 4.78 is 10.2. The average molecular weight is 313 g/mol. The second-order valence-corrected chi connectivity index (χ2v) is 5.29. The zero-order valence-electron chi connectivity index (χ0n) is 13.7. The molecule has 0 saturated carbocycles. The smallest absolute Gasteiger partial charge is 0.251 e. The Hall–Kier alpha value is -2.49. The van der Waals surface area contributed by atoms with Crippen molar-refractivity contribution in [3.8, 4) is 11.5 Å². The Balaban J connectivity index is 1.66. The fourth-order valence-corrected chi connectivity index (χ4v) is 2.29. The van der Waals surface area contributed by atoms with Crippen molar-refractivity contribution >= 4 is 5.91 Å². The number of ether oxygens (including phenoxy) is 2. The second-order valence-electron chi connectivity index (χ2n) is 5.29. The van der Waals surface area contributed by atoms with Gasteiger partial charge < -0.3 is 14.8 Å². The van der Waals surface area contributed by atoms with Crippen molar-refractivity contribution in [1.29, 1.82) is 0 Å². The van der Waals surface area contributed by atoms with Crippen LogP contribution in [0.5, 0.6) is 11.5 Å². The van der Waals surface area contributed by atoms with E-state index in [0.717, 1.165) is 30.8 Å². The Morgan fingerprint density at radius 1 is 0.870 bits per heavy atom. The zero-order chi connectivity index (χ0) is 16.5. The minimum absolute atomic E-state index is 0.0444. The Bertz CT molecular complexity index is 606. The van der Waals surface area contributed by atoms with Gasteiger partial charge in [0, 0.05) is 12.1 Å². The Labute approximate surface area is 137 Å². The number of unbranched alkanes of at least 4 members (excludes halogenated alkanes) is 1. The van der Waals surface area contributed by atoms with E-state index >= 15 is 0 Å². The van der Waals surface area contributed by atoms with Gasteiger partial charge in [-0.2, -0.15) is 0 Å². The summed E-state index contributed by atoms with van der Waals surface area (Å²) in [5.74, 6) is 1.58. The van der Waals surface area contributed by atoms with Crippen molar-refractivity contribution in [1.82, 2.24) is 5.32 Å². The fourth-order valence-electron chi connectivity index (χ4n) is 2.29. The van der Waals surface area contributed by atoms with E-state index in [9.17, 15) is 4.79 Å². The molecular formula is C19H23NO3. The number of carbonyl (C=O) groups is 1. The number of hydrogen-bond donors (Lipinski definition) is 1. The molecule has 0 atom stereocenters. The Morgan fingerprint density at radius 2 is 1.43 bits per heavy atom. The molecule has 2 rings (SSSR count). The number of nitrogens with one attached hydrogen (secondary N) is 1. The molecule has 2 aromatic rings. The third-order valence-corrected chi connectivity index (χ3v) is 3.69. The normalized spacial score (nSPS) is 10.2. The van der Waals surface area contributed by atoms with Crippen LogP contribution in [0, 0.1) is 0 Å². The molecule has 1 amide bonds. The van der Waals surface area contributed by atoms with Gasteiger partial charge in [-0.25, -0.2) is 0 Å². The molecule has 0 heterocycles. The van der Waals surface area contributed by atoms with Crippen LogP contribution in [0.25, 0.3) is 0 Å². The van der Waals surface area contributed by atoms with Gasteiger partial charge in [0.15, 0.2) is 0 Å². The predicted octanol–water partition coefficient (Wildman–Crippen LogP) is 3.46. The topological polar surface area (TPSA) is 47.6 Å². The largest absolute Gasteiger partial charge is 0.497 e. The highest BCUT2D eigenvalue weighted by molar-refractivity contribution is 5.94. The lowest BCUT2D eigenvalue weighted by molar-refractivity contribution is 0.0953. The van der Waals surface area contributed by atoms with E-state index in [0.29, 0.717) is 12.1 Å². The van der Waals surface area contributed by atoms with Crippen LogP contribution in [0.15, 0.2) is 48.5 Å². The number of benzene rings is 2. The highest BCUT2D eigenvalue weighted by Gasteiger charge is 2.04. The molecule has 122 valence electrons. The quantitative estimate of drug-likeness (QED) is 0.759. The Morgan fingerprint density at radius 3 is 2.00 bits per heavy atom. The van der Waals surface area contributed by atoms with E-state index in [1.807, 2.05) is 12.1 Å². The number of carbonyl (C=O) groups excluding carboxylic acids is 1. The molecule has 0 spiro atoms. The molecule has 0 aliphatic carbocycles. The van der Waals surface area contributed by atoms with Gasteiger partial charge in [-0.1, -0.05) is 12.1 Å². The van der Waals surface area contributed by atoms with Crippen molar-refractivity contribution in [3.05, 3.63) is 59.7 Å². The van der Waals surface area contributed by atoms with Crippen LogP contribution in [-0.4, -0.2) is 26.7 Å². The number of amides is 1. The molecule has 0 fully saturated rings. The molecule has 0 aliphatic heterocycles. The maximum Gasteiger partial charge on any atom is 0.251 e. The van der Waals surface area contributed by atoms with E-state index in [4.69, 9.17) is 9.47 Å². The van der Waals surface area contributed by atoms with Crippen LogP contribution in [0.1, 0.15) is 28.8 Å². The summed E-state index contributed by atoms with van der Waals surface area (Å²) >= 11 is 0. The van der Waals surface area contributed by atoms with Crippen molar-refractivity contribution in [2.24, 2.45) is 0 Å². The van der Waals surface area contributed by atoms with Crippen molar-refractivity contribution < 1.29 is 14.3 Å². The minimum Gasteiger partial charge on any atom is -0.497 e. The van der Waals surface area contributed by atoms with E-state index in [1.54, 1.807) is 38.5 Å². The highest BCUT2D eigenvalue weighted by Crippen LogP contribution is 2.13. The number of aryl methyl sites for hydroxylation is 1. The SMILES string of the molecule is COc1ccc(CCCCNC(=O)c2ccc(OC)cc2)cc1. The maximum absolute atomic E-state index is 12.0. The molecule has 4 heteroatoms. The van der Waals surface area contributed by atoms with Gasteiger partial charge in [-0.15, -0.1) is 0 Å². The van der Waals surface area contributed by atoms with Gasteiger partial charge in [0.25, 0.3) is 5.91 Å². The van der Waals surface area contributed by atoms with Crippen LogP contribution in [-0.2, 0) is 6.42 Å². The van der Waals surface area contributed by atoms with Crippen LogP contribution >= 0.6 is 0 Å². The van der Waals surface area contributed by atoms with Crippen LogP contribution < -0.4 is 14.8 Å². The molecule has 0 aromatic heterocycles. The molecule has 0 radical (unpaired) electrons. The van der Waals surface area contributed by atoms with Crippen molar-refractivity contribution in [3.63, 3.8) is 0 Å². The first-order chi connectivity index (χ1) is 11.2. The van der Waals surface area contributed by atoms with Gasteiger partial charge in [0.1, 0.15) is 11.5 Å². The molecule has 23 heavy (non-hydrogen) atoms. The molecule has 0 aliphatic rings. The first-order valence-corrected chi connectivity index (χ1v) is 7.78. The van der Waals surface area contributed by atoms with Gasteiger partial charge >= 0.3 is 0 Å². The van der Waals surface area contributed by atoms with E-state index in [-0.39, 0.29) is 5.91 Å². The first-order valence-electron chi connectivity index (χ1n) is 7.78. The van der Waals surface area contributed by atoms with E-state index < -0.39 is 0 Å². The number of hydrogen-bond acceptors (Lipinski definition) is 3. The minimum atomic E-state index is -0.0444. The molecule has 0 bridgehead atoms. The van der Waals surface area contributed by atoms with Crippen LogP contribution in [0.4, 0.5) is 0 Å². The zero-order valence-corrected chi connectivity index (χ0v) is 13.7. The highest BCUT2D eigenvalue weighted by atomic mass is 16.5. The molecule has 1 N–H and O–H groups in total. The average Bonchev–Trinajstić information content (AvgIpc) is 2.62. The third kappa shape index (κ3) is 5.33. The summed E-state index contributed by atoms with van der Waals surface area (Å²) in [5, 5.41) is 2.94. The summed E-state index contributed by atoms with van der Waals surface area (Å²) in [7, 11) is 3.28.